The van der Waals surface area contributed by atoms with Crippen LogP contribution in [-0.4, -0.2) is 33.3 Å². The Morgan fingerprint density at radius 1 is 0.822 bits per heavy atom. The molecule has 45 heavy (non-hydrogen) atoms. The van der Waals surface area contributed by atoms with E-state index in [0.717, 1.165) is 38.4 Å². The van der Waals surface area contributed by atoms with Gasteiger partial charge in [-0.05, 0) is 41.2 Å². The number of imidazole rings is 1. The highest BCUT2D eigenvalue weighted by Gasteiger charge is 2.38. The maximum absolute atomic E-state index is 13.5. The Bertz CT molecular complexity index is 1930. The summed E-state index contributed by atoms with van der Waals surface area (Å²) in [6, 6.07) is 39.5. The maximum Gasteiger partial charge on any atom is 0.280 e. The van der Waals surface area contributed by atoms with Crippen LogP contribution >= 0.6 is 11.3 Å². The minimum atomic E-state index is -0.675. The van der Waals surface area contributed by atoms with Crippen molar-refractivity contribution in [3.8, 4) is 11.3 Å². The van der Waals surface area contributed by atoms with Gasteiger partial charge in [0.2, 0.25) is 5.78 Å². The molecule has 220 valence electrons. The second-order valence-electron chi connectivity index (χ2n) is 10.9. The number of benzene rings is 4. The van der Waals surface area contributed by atoms with Gasteiger partial charge in [-0.25, -0.2) is 9.97 Å². The molecule has 7 rings (SSSR count). The quantitative estimate of drug-likeness (QED) is 0.152. The molecule has 0 unspecified atom stereocenters. The van der Waals surface area contributed by atoms with Crippen molar-refractivity contribution >= 4 is 29.1 Å². The fraction of sp³-hybridized carbons (Fsp3) is 0.105. The number of rotatable bonds is 7. The number of thiazole rings is 1. The number of nitrogens with zero attached hydrogens (tertiary/aromatic N) is 3. The number of amides is 1. The SMILES string of the molecule is CNC(=O)c1nc2c(s1)CCC(=Cc1ccccc1-c1cn(C(c3ccccc3)(c3ccccc3)c3ccccc3)cn1)C2=O. The van der Waals surface area contributed by atoms with Gasteiger partial charge in [0.15, 0.2) is 5.01 Å². The zero-order valence-electron chi connectivity index (χ0n) is 24.7. The van der Waals surface area contributed by atoms with Gasteiger partial charge in [0.25, 0.3) is 5.91 Å². The molecule has 0 saturated carbocycles. The lowest BCUT2D eigenvalue weighted by Gasteiger charge is -2.37. The van der Waals surface area contributed by atoms with Gasteiger partial charge in [-0.15, -0.1) is 11.3 Å². The summed E-state index contributed by atoms with van der Waals surface area (Å²) in [6.07, 6.45) is 7.22. The first kappa shape index (κ1) is 28.4. The van der Waals surface area contributed by atoms with E-state index >= 15 is 0 Å². The first-order valence-electron chi connectivity index (χ1n) is 14.9. The number of hydrogen-bond donors (Lipinski definition) is 1. The predicted octanol–water partition coefficient (Wildman–Crippen LogP) is 7.42. The standard InChI is InChI=1S/C38H30N4O2S/c1-39-36(44)37-41-34-33(45-37)22-21-27(35(34)43)23-26-13-11-12-20-31(26)32-24-42(25-40-32)38(28-14-5-2-6-15-28,29-16-7-3-8-17-29)30-18-9-4-10-19-30/h2-20,23-25H,21-22H2,1H3,(H,39,44). The van der Waals surface area contributed by atoms with E-state index in [1.807, 2.05) is 54.9 Å². The van der Waals surface area contributed by atoms with E-state index in [2.05, 4.69) is 93.9 Å². The van der Waals surface area contributed by atoms with Crippen molar-refractivity contribution in [1.82, 2.24) is 19.9 Å². The Morgan fingerprint density at radius 2 is 1.40 bits per heavy atom. The molecule has 1 aliphatic rings. The zero-order valence-corrected chi connectivity index (χ0v) is 25.5. The molecule has 0 bridgehead atoms. The molecule has 0 fully saturated rings. The summed E-state index contributed by atoms with van der Waals surface area (Å²) in [4.78, 5) is 35.9. The Labute approximate surface area is 265 Å². The summed E-state index contributed by atoms with van der Waals surface area (Å²) in [6.45, 7) is 0. The van der Waals surface area contributed by atoms with E-state index in [1.165, 1.54) is 11.3 Å². The van der Waals surface area contributed by atoms with Crippen LogP contribution in [0.1, 0.15) is 53.8 Å². The first-order valence-corrected chi connectivity index (χ1v) is 15.7. The third-order valence-corrected chi connectivity index (χ3v) is 9.47. The molecule has 0 atom stereocenters. The van der Waals surface area contributed by atoms with Crippen LogP contribution in [0, 0.1) is 0 Å². The number of Topliss-reactive ketones (excluding diaryl/α,β-unsaturated/α-hetero) is 1. The number of fused-ring (bicyclic) bond motifs is 1. The number of aryl methyl sites for hydroxylation is 1. The van der Waals surface area contributed by atoms with E-state index in [1.54, 1.807) is 7.05 Å². The summed E-state index contributed by atoms with van der Waals surface area (Å²) >= 11 is 1.30. The second-order valence-corrected chi connectivity index (χ2v) is 12.0. The molecule has 1 N–H and O–H groups in total. The zero-order chi connectivity index (χ0) is 30.8. The summed E-state index contributed by atoms with van der Waals surface area (Å²) in [5, 5.41) is 2.92. The number of aromatic nitrogens is 3. The predicted molar refractivity (Wildman–Crippen MR) is 178 cm³/mol. The Hall–Kier alpha value is -5.40. The highest BCUT2D eigenvalue weighted by atomic mass is 32.1. The van der Waals surface area contributed by atoms with E-state index in [4.69, 9.17) is 4.98 Å². The molecule has 4 aromatic carbocycles. The smallest absolute Gasteiger partial charge is 0.280 e. The molecular formula is C38H30N4O2S. The van der Waals surface area contributed by atoms with Crippen LogP contribution in [0.4, 0.5) is 0 Å². The molecule has 7 heteroatoms. The van der Waals surface area contributed by atoms with Crippen LogP contribution < -0.4 is 5.32 Å². The van der Waals surface area contributed by atoms with Crippen molar-refractivity contribution in [1.29, 1.82) is 0 Å². The summed E-state index contributed by atoms with van der Waals surface area (Å²) < 4.78 is 2.19. The van der Waals surface area contributed by atoms with Crippen molar-refractivity contribution in [2.75, 3.05) is 7.05 Å². The van der Waals surface area contributed by atoms with Gasteiger partial charge >= 0.3 is 0 Å². The lowest BCUT2D eigenvalue weighted by Crippen LogP contribution is -2.36. The van der Waals surface area contributed by atoms with E-state index in [-0.39, 0.29) is 11.7 Å². The number of carbonyl (C=O) groups is 2. The Balaban J connectivity index is 1.34. The third kappa shape index (κ3) is 5.01. The molecule has 0 radical (unpaired) electrons. The molecule has 0 spiro atoms. The van der Waals surface area contributed by atoms with Crippen LogP contribution in [0.15, 0.2) is 133 Å². The van der Waals surface area contributed by atoms with Gasteiger partial charge < -0.3 is 9.88 Å². The van der Waals surface area contributed by atoms with Gasteiger partial charge in [0.05, 0.1) is 12.0 Å². The molecular weight excluding hydrogens is 577 g/mol. The fourth-order valence-corrected chi connectivity index (χ4v) is 7.23. The van der Waals surface area contributed by atoms with Gasteiger partial charge in [-0.1, -0.05) is 115 Å². The van der Waals surface area contributed by atoms with Crippen LogP contribution in [0.25, 0.3) is 17.3 Å². The summed E-state index contributed by atoms with van der Waals surface area (Å²) in [5.41, 5.74) is 6.36. The van der Waals surface area contributed by atoms with Gasteiger partial charge in [0, 0.05) is 29.3 Å². The molecule has 2 aromatic heterocycles. The highest BCUT2D eigenvalue weighted by molar-refractivity contribution is 7.14. The van der Waals surface area contributed by atoms with Crippen LogP contribution in [0.3, 0.4) is 0 Å². The largest absolute Gasteiger partial charge is 0.353 e. The number of ketones is 1. The Kier molecular flexibility index (Phi) is 7.53. The average molecular weight is 607 g/mol. The number of allylic oxidation sites excluding steroid dienone is 1. The topological polar surface area (TPSA) is 76.9 Å². The van der Waals surface area contributed by atoms with Crippen LogP contribution in [0.5, 0.6) is 0 Å². The molecule has 0 aliphatic heterocycles. The van der Waals surface area contributed by atoms with Crippen molar-refractivity contribution < 1.29 is 9.59 Å². The molecule has 6 aromatic rings. The normalized spacial score (nSPS) is 13.9. The van der Waals surface area contributed by atoms with Crippen molar-refractivity contribution in [2.45, 2.75) is 18.4 Å². The van der Waals surface area contributed by atoms with E-state index in [9.17, 15) is 9.59 Å². The second kappa shape index (κ2) is 11.9. The van der Waals surface area contributed by atoms with E-state index < -0.39 is 5.54 Å². The third-order valence-electron chi connectivity index (χ3n) is 8.36. The minimum absolute atomic E-state index is 0.126. The maximum atomic E-state index is 13.5. The van der Waals surface area contributed by atoms with Crippen molar-refractivity contribution in [3.63, 3.8) is 0 Å². The minimum Gasteiger partial charge on any atom is -0.353 e. The van der Waals surface area contributed by atoms with Crippen molar-refractivity contribution in [2.24, 2.45) is 0 Å². The molecule has 6 nitrogen and oxygen atoms in total. The monoisotopic (exact) mass is 606 g/mol. The summed E-state index contributed by atoms with van der Waals surface area (Å²) in [7, 11) is 1.57. The molecule has 1 amide bonds. The lowest BCUT2D eigenvalue weighted by molar-refractivity contribution is 0.0962. The Morgan fingerprint density at radius 3 is 2.00 bits per heavy atom. The average Bonchev–Trinajstić information content (AvgIpc) is 3.77. The highest BCUT2D eigenvalue weighted by Crippen LogP contribution is 2.42. The van der Waals surface area contributed by atoms with Crippen LogP contribution in [-0.2, 0) is 12.0 Å². The molecule has 1 aliphatic carbocycles. The lowest BCUT2D eigenvalue weighted by atomic mass is 9.77. The number of hydrogen-bond acceptors (Lipinski definition) is 5. The molecule has 2 heterocycles. The van der Waals surface area contributed by atoms with Gasteiger partial charge in [0.1, 0.15) is 11.2 Å². The summed E-state index contributed by atoms with van der Waals surface area (Å²) in [5.74, 6) is -0.398. The van der Waals surface area contributed by atoms with Crippen molar-refractivity contribution in [3.05, 3.63) is 171 Å². The van der Waals surface area contributed by atoms with Crippen LogP contribution in [0.2, 0.25) is 0 Å². The fourth-order valence-electron chi connectivity index (χ4n) is 6.23. The van der Waals surface area contributed by atoms with E-state index in [0.29, 0.717) is 29.1 Å². The van der Waals surface area contributed by atoms with Gasteiger partial charge in [-0.3, -0.25) is 9.59 Å². The number of nitrogens with one attached hydrogen (secondary N) is 1. The van der Waals surface area contributed by atoms with Gasteiger partial charge in [-0.2, -0.15) is 0 Å². The number of carbonyl (C=O) groups excluding carboxylic acids is 2. The molecule has 0 saturated heterocycles. The first-order chi connectivity index (χ1) is 22.1.